The van der Waals surface area contributed by atoms with Crippen LogP contribution in [0.5, 0.6) is 0 Å². The molecule has 2 heterocycles. The van der Waals surface area contributed by atoms with Gasteiger partial charge in [0.2, 0.25) is 5.91 Å². The van der Waals surface area contributed by atoms with Crippen LogP contribution in [0.1, 0.15) is 39.5 Å². The molecule has 1 amide bonds. The fourth-order valence-corrected chi connectivity index (χ4v) is 3.69. The molecule has 0 aromatic carbocycles. The molecule has 0 bridgehead atoms. The van der Waals surface area contributed by atoms with Crippen LogP contribution in [0.4, 0.5) is 0 Å². The molecule has 2 fully saturated rings. The van der Waals surface area contributed by atoms with Gasteiger partial charge in [-0.05, 0) is 18.3 Å². The van der Waals surface area contributed by atoms with Crippen LogP contribution in [0.15, 0.2) is 0 Å². The van der Waals surface area contributed by atoms with E-state index in [1.807, 2.05) is 11.8 Å². The molecule has 19 heavy (non-hydrogen) atoms. The Hall–Kier alpha value is 0.0700. The smallest absolute Gasteiger partial charge is 0.224 e. The van der Waals surface area contributed by atoms with Crippen molar-refractivity contribution in [2.75, 3.05) is 31.1 Å². The van der Waals surface area contributed by atoms with E-state index in [0.29, 0.717) is 23.8 Å². The lowest BCUT2D eigenvalue weighted by molar-refractivity contribution is -0.133. The minimum absolute atomic E-state index is 0. The molecule has 5 heteroatoms. The number of carbonyl (C=O) groups excluding carboxylic acids is 1. The summed E-state index contributed by atoms with van der Waals surface area (Å²) in [4.78, 5) is 14.3. The van der Waals surface area contributed by atoms with Crippen LogP contribution in [0.25, 0.3) is 0 Å². The van der Waals surface area contributed by atoms with E-state index < -0.39 is 0 Å². The summed E-state index contributed by atoms with van der Waals surface area (Å²) in [5.41, 5.74) is 0.468. The molecule has 0 saturated carbocycles. The van der Waals surface area contributed by atoms with Gasteiger partial charge in [-0.2, -0.15) is 11.8 Å². The predicted molar refractivity (Wildman–Crippen MR) is 85.2 cm³/mol. The third-order valence-corrected chi connectivity index (χ3v) is 5.73. The van der Waals surface area contributed by atoms with Crippen molar-refractivity contribution in [1.29, 1.82) is 0 Å². The number of nitrogens with one attached hydrogen (secondary N) is 1. The lowest BCUT2D eigenvalue weighted by Crippen LogP contribution is -2.46. The highest BCUT2D eigenvalue weighted by Crippen LogP contribution is 2.34. The first-order chi connectivity index (χ1) is 8.63. The van der Waals surface area contributed by atoms with Crippen LogP contribution in [-0.4, -0.2) is 48.0 Å². The molecular formula is C14H27ClN2OS. The lowest BCUT2D eigenvalue weighted by atomic mass is 9.78. The lowest BCUT2D eigenvalue weighted by Gasteiger charge is -2.39. The maximum absolute atomic E-state index is 12.2. The highest BCUT2D eigenvalue weighted by Gasteiger charge is 2.31. The normalized spacial score (nSPS) is 26.6. The van der Waals surface area contributed by atoms with Gasteiger partial charge >= 0.3 is 0 Å². The second-order valence-corrected chi connectivity index (χ2v) is 7.12. The molecule has 0 spiro atoms. The Morgan fingerprint density at radius 2 is 2.11 bits per heavy atom. The number of hydrogen-bond donors (Lipinski definition) is 1. The van der Waals surface area contributed by atoms with Crippen molar-refractivity contribution < 1.29 is 4.79 Å². The average molecular weight is 307 g/mol. The highest BCUT2D eigenvalue weighted by molar-refractivity contribution is 7.99. The highest BCUT2D eigenvalue weighted by atomic mass is 35.5. The fraction of sp³-hybridized carbons (Fsp3) is 0.929. The van der Waals surface area contributed by atoms with Gasteiger partial charge in [-0.1, -0.05) is 20.3 Å². The number of likely N-dealkylation sites (tertiary alicyclic amines) is 1. The van der Waals surface area contributed by atoms with Gasteiger partial charge in [0.05, 0.1) is 0 Å². The van der Waals surface area contributed by atoms with Crippen LogP contribution < -0.4 is 5.32 Å². The van der Waals surface area contributed by atoms with Crippen LogP contribution in [-0.2, 0) is 4.79 Å². The number of rotatable bonds is 3. The summed E-state index contributed by atoms with van der Waals surface area (Å²) < 4.78 is 0. The summed E-state index contributed by atoms with van der Waals surface area (Å²) in [5, 5.41) is 3.45. The van der Waals surface area contributed by atoms with Crippen molar-refractivity contribution in [3.8, 4) is 0 Å². The predicted octanol–water partition coefficient (Wildman–Crippen LogP) is 2.54. The molecule has 0 aromatic rings. The summed E-state index contributed by atoms with van der Waals surface area (Å²) >= 11 is 1.96. The van der Waals surface area contributed by atoms with Gasteiger partial charge in [0, 0.05) is 43.6 Å². The van der Waals surface area contributed by atoms with E-state index in [-0.39, 0.29) is 12.4 Å². The van der Waals surface area contributed by atoms with Crippen LogP contribution >= 0.6 is 24.2 Å². The maximum Gasteiger partial charge on any atom is 0.224 e. The SMILES string of the molecule is CCC1(C)CCN(C(=O)CC2CSCCN2)CC1.Cl. The van der Waals surface area contributed by atoms with E-state index in [0.717, 1.165) is 25.4 Å². The molecule has 2 aliphatic heterocycles. The molecule has 2 saturated heterocycles. The van der Waals surface area contributed by atoms with Crippen LogP contribution in [0.2, 0.25) is 0 Å². The maximum atomic E-state index is 12.2. The number of hydrogen-bond acceptors (Lipinski definition) is 3. The quantitative estimate of drug-likeness (QED) is 0.870. The minimum atomic E-state index is 0. The summed E-state index contributed by atoms with van der Waals surface area (Å²) in [6.07, 6.45) is 4.26. The number of piperidine rings is 1. The molecule has 1 unspecified atom stereocenters. The Morgan fingerprint density at radius 3 is 2.63 bits per heavy atom. The van der Waals surface area contributed by atoms with Crippen molar-refractivity contribution in [3.05, 3.63) is 0 Å². The largest absolute Gasteiger partial charge is 0.343 e. The summed E-state index contributed by atoms with van der Waals surface area (Å²) in [5.74, 6) is 2.63. The van der Waals surface area contributed by atoms with Crippen molar-refractivity contribution in [3.63, 3.8) is 0 Å². The number of halogens is 1. The third-order valence-electron chi connectivity index (χ3n) is 4.60. The van der Waals surface area contributed by atoms with Gasteiger partial charge in [0.25, 0.3) is 0 Å². The zero-order chi connectivity index (χ0) is 13.0. The number of amides is 1. The monoisotopic (exact) mass is 306 g/mol. The van der Waals surface area contributed by atoms with E-state index in [4.69, 9.17) is 0 Å². The zero-order valence-corrected chi connectivity index (χ0v) is 13.7. The summed E-state index contributed by atoms with van der Waals surface area (Å²) in [6.45, 7) is 7.59. The Balaban J connectivity index is 0.00000180. The second-order valence-electron chi connectivity index (χ2n) is 5.98. The van der Waals surface area contributed by atoms with E-state index in [9.17, 15) is 4.79 Å². The Bertz CT molecular complexity index is 287. The van der Waals surface area contributed by atoms with Crippen molar-refractivity contribution >= 4 is 30.1 Å². The molecular weight excluding hydrogens is 280 g/mol. The molecule has 0 aliphatic carbocycles. The number of thioether (sulfide) groups is 1. The average Bonchev–Trinajstić information content (AvgIpc) is 2.40. The van der Waals surface area contributed by atoms with E-state index in [2.05, 4.69) is 24.1 Å². The Morgan fingerprint density at radius 1 is 1.42 bits per heavy atom. The molecule has 0 radical (unpaired) electrons. The molecule has 2 aliphatic rings. The van der Waals surface area contributed by atoms with Crippen molar-refractivity contribution in [2.24, 2.45) is 5.41 Å². The van der Waals surface area contributed by atoms with E-state index >= 15 is 0 Å². The van der Waals surface area contributed by atoms with E-state index in [1.165, 1.54) is 25.0 Å². The topological polar surface area (TPSA) is 32.3 Å². The summed E-state index contributed by atoms with van der Waals surface area (Å²) in [7, 11) is 0. The van der Waals surface area contributed by atoms with Gasteiger partial charge < -0.3 is 10.2 Å². The molecule has 3 nitrogen and oxygen atoms in total. The second kappa shape index (κ2) is 7.75. The first-order valence-corrected chi connectivity index (χ1v) is 8.37. The summed E-state index contributed by atoms with van der Waals surface area (Å²) in [6, 6.07) is 0.399. The first-order valence-electron chi connectivity index (χ1n) is 7.22. The van der Waals surface area contributed by atoms with Gasteiger partial charge in [-0.3, -0.25) is 4.79 Å². The molecule has 2 rings (SSSR count). The molecule has 0 aromatic heterocycles. The van der Waals surface area contributed by atoms with Gasteiger partial charge in [0.1, 0.15) is 0 Å². The zero-order valence-electron chi connectivity index (χ0n) is 12.1. The third kappa shape index (κ3) is 4.83. The molecule has 112 valence electrons. The Labute approximate surface area is 127 Å². The van der Waals surface area contributed by atoms with Gasteiger partial charge in [-0.25, -0.2) is 0 Å². The van der Waals surface area contributed by atoms with Crippen LogP contribution in [0, 0.1) is 5.41 Å². The van der Waals surface area contributed by atoms with Crippen LogP contribution in [0.3, 0.4) is 0 Å². The van der Waals surface area contributed by atoms with E-state index in [1.54, 1.807) is 0 Å². The molecule has 1 atom stereocenters. The molecule has 1 N–H and O–H groups in total. The fourth-order valence-electron chi connectivity index (χ4n) is 2.74. The van der Waals surface area contributed by atoms with Gasteiger partial charge in [-0.15, -0.1) is 12.4 Å². The Kier molecular flexibility index (Phi) is 6.98. The number of carbonyl (C=O) groups is 1. The van der Waals surface area contributed by atoms with Crippen molar-refractivity contribution in [1.82, 2.24) is 10.2 Å². The van der Waals surface area contributed by atoms with Crippen molar-refractivity contribution in [2.45, 2.75) is 45.6 Å². The first kappa shape index (κ1) is 17.1. The standard InChI is InChI=1S/C14H26N2OS.ClH/c1-3-14(2)4-7-16(8-5-14)13(17)10-12-11-18-9-6-15-12;/h12,15H,3-11H2,1-2H3;1H. The van der Waals surface area contributed by atoms with Gasteiger partial charge in [0.15, 0.2) is 0 Å². The minimum Gasteiger partial charge on any atom is -0.343 e. The number of nitrogens with zero attached hydrogens (tertiary/aromatic N) is 1.